The van der Waals surface area contributed by atoms with Crippen LogP contribution in [0.15, 0.2) is 36.4 Å². The Hall–Kier alpha value is -3.06. The number of alkyl halides is 3. The summed E-state index contributed by atoms with van der Waals surface area (Å²) in [6.45, 7) is 10.1. The standard InChI is InChI=1S/C23H26F3NO7SSi/c1-22(2,3)36(5,6)34-16-11-10-14(12-18(16)32-4)13-27-20(28)15-8-7-9-17(19(15)21(27)29)33-35(30,31)23(24,25)26/h7-12H,13H2,1-6H3. The number of benzene rings is 2. The fourth-order valence-electron chi connectivity index (χ4n) is 3.19. The molecule has 196 valence electrons. The van der Waals surface area contributed by atoms with E-state index >= 15 is 0 Å². The number of carbonyl (C=O) groups excluding carboxylic acids is 2. The maximum atomic E-state index is 13.0. The van der Waals surface area contributed by atoms with Gasteiger partial charge in [-0.15, -0.1) is 0 Å². The van der Waals surface area contributed by atoms with E-state index in [-0.39, 0.29) is 17.1 Å². The number of fused-ring (bicyclic) bond motifs is 1. The zero-order valence-electron chi connectivity index (χ0n) is 20.5. The van der Waals surface area contributed by atoms with Gasteiger partial charge in [0.2, 0.25) is 0 Å². The highest BCUT2D eigenvalue weighted by atomic mass is 32.2. The average molecular weight is 546 g/mol. The molecule has 1 heterocycles. The van der Waals surface area contributed by atoms with Gasteiger partial charge < -0.3 is 13.3 Å². The summed E-state index contributed by atoms with van der Waals surface area (Å²) < 4.78 is 77.2. The normalized spacial score (nSPS) is 14.6. The summed E-state index contributed by atoms with van der Waals surface area (Å²) >= 11 is 0. The van der Waals surface area contributed by atoms with Gasteiger partial charge in [0, 0.05) is 0 Å². The Balaban J connectivity index is 1.90. The van der Waals surface area contributed by atoms with Gasteiger partial charge in [0.1, 0.15) is 5.75 Å². The molecule has 0 fully saturated rings. The molecule has 1 aliphatic rings. The number of halogens is 3. The highest BCUT2D eigenvalue weighted by molar-refractivity contribution is 7.88. The lowest BCUT2D eigenvalue weighted by molar-refractivity contribution is -0.0500. The summed E-state index contributed by atoms with van der Waals surface area (Å²) in [5.74, 6) is -1.77. The lowest BCUT2D eigenvalue weighted by Gasteiger charge is -2.36. The quantitative estimate of drug-likeness (QED) is 0.207. The van der Waals surface area contributed by atoms with Crippen LogP contribution in [0.5, 0.6) is 17.2 Å². The molecular weight excluding hydrogens is 519 g/mol. The van der Waals surface area contributed by atoms with Gasteiger partial charge >= 0.3 is 15.6 Å². The Kier molecular flexibility index (Phi) is 6.96. The second kappa shape index (κ2) is 9.11. The molecule has 0 bridgehead atoms. The molecule has 3 rings (SSSR count). The first-order chi connectivity index (χ1) is 16.4. The number of hydrogen-bond donors (Lipinski definition) is 0. The van der Waals surface area contributed by atoms with Crippen LogP contribution in [0.1, 0.15) is 47.1 Å². The molecule has 0 saturated heterocycles. The van der Waals surface area contributed by atoms with Crippen LogP contribution >= 0.6 is 0 Å². The molecule has 0 aliphatic carbocycles. The third-order valence-corrected chi connectivity index (χ3v) is 11.5. The van der Waals surface area contributed by atoms with E-state index in [2.05, 4.69) is 38.0 Å². The predicted molar refractivity (Wildman–Crippen MR) is 127 cm³/mol. The van der Waals surface area contributed by atoms with Gasteiger partial charge in [0.25, 0.3) is 20.1 Å². The second-order valence-corrected chi connectivity index (χ2v) is 16.0. The summed E-state index contributed by atoms with van der Waals surface area (Å²) in [6.07, 6.45) is 0. The molecule has 2 aromatic rings. The molecule has 1 aliphatic heterocycles. The van der Waals surface area contributed by atoms with Crippen molar-refractivity contribution in [3.8, 4) is 17.2 Å². The molecule has 0 atom stereocenters. The number of carbonyl (C=O) groups is 2. The number of nitrogens with zero attached hydrogens (tertiary/aromatic N) is 1. The number of amides is 2. The molecule has 13 heteroatoms. The number of methoxy groups -OCH3 is 1. The van der Waals surface area contributed by atoms with Crippen LogP contribution in [0.4, 0.5) is 13.2 Å². The van der Waals surface area contributed by atoms with Crippen LogP contribution < -0.4 is 13.3 Å². The van der Waals surface area contributed by atoms with E-state index in [1.807, 2.05) is 0 Å². The van der Waals surface area contributed by atoms with Crippen LogP contribution in [0.3, 0.4) is 0 Å². The Morgan fingerprint density at radius 2 is 1.58 bits per heavy atom. The molecule has 0 aromatic heterocycles. The average Bonchev–Trinajstić information content (AvgIpc) is 2.98. The summed E-state index contributed by atoms with van der Waals surface area (Å²) in [5, 5.41) is -0.0732. The minimum Gasteiger partial charge on any atom is -0.541 e. The van der Waals surface area contributed by atoms with Gasteiger partial charge in [-0.05, 0) is 48.0 Å². The first-order valence-electron chi connectivity index (χ1n) is 10.8. The van der Waals surface area contributed by atoms with E-state index in [9.17, 15) is 31.2 Å². The van der Waals surface area contributed by atoms with Crippen LogP contribution in [0.2, 0.25) is 18.1 Å². The van der Waals surface area contributed by atoms with Crippen LogP contribution in [0.25, 0.3) is 0 Å². The molecule has 8 nitrogen and oxygen atoms in total. The van der Waals surface area contributed by atoms with Gasteiger partial charge in [-0.1, -0.05) is 32.9 Å². The molecule has 0 N–H and O–H groups in total. The smallest absolute Gasteiger partial charge is 0.534 e. The second-order valence-electron chi connectivity index (χ2n) is 9.71. The maximum Gasteiger partial charge on any atom is 0.534 e. The Bertz CT molecular complexity index is 1320. The van der Waals surface area contributed by atoms with E-state index in [4.69, 9.17) is 9.16 Å². The van der Waals surface area contributed by atoms with Gasteiger partial charge in [-0.3, -0.25) is 14.5 Å². The lowest BCUT2D eigenvalue weighted by atomic mass is 10.1. The number of ether oxygens (including phenoxy) is 1. The predicted octanol–water partition coefficient (Wildman–Crippen LogP) is 5.10. The zero-order chi connectivity index (χ0) is 27.3. The maximum absolute atomic E-state index is 13.0. The van der Waals surface area contributed by atoms with Crippen molar-refractivity contribution >= 4 is 30.2 Å². The minimum absolute atomic E-state index is 0.0732. The van der Waals surface area contributed by atoms with Gasteiger partial charge in [0.05, 0.1) is 24.8 Å². The fourth-order valence-corrected chi connectivity index (χ4v) is 4.68. The van der Waals surface area contributed by atoms with E-state index in [1.165, 1.54) is 13.2 Å². The van der Waals surface area contributed by atoms with Crippen molar-refractivity contribution in [1.82, 2.24) is 4.90 Å². The number of imide groups is 1. The van der Waals surface area contributed by atoms with Crippen molar-refractivity contribution in [2.24, 2.45) is 0 Å². The zero-order valence-corrected chi connectivity index (χ0v) is 22.3. The molecule has 0 saturated carbocycles. The molecule has 2 amide bonds. The first-order valence-corrected chi connectivity index (χ1v) is 15.1. The Morgan fingerprint density at radius 1 is 0.944 bits per heavy atom. The van der Waals surface area contributed by atoms with Crippen molar-refractivity contribution in [1.29, 1.82) is 0 Å². The van der Waals surface area contributed by atoms with Crippen LogP contribution in [-0.4, -0.2) is 46.1 Å². The van der Waals surface area contributed by atoms with Crippen LogP contribution in [-0.2, 0) is 16.7 Å². The monoisotopic (exact) mass is 545 g/mol. The molecule has 0 unspecified atom stereocenters. The van der Waals surface area contributed by atoms with Crippen LogP contribution in [0, 0.1) is 0 Å². The largest absolute Gasteiger partial charge is 0.541 e. The van der Waals surface area contributed by atoms with Gasteiger partial charge in [-0.25, -0.2) is 0 Å². The third kappa shape index (κ3) is 5.07. The molecule has 0 radical (unpaired) electrons. The lowest BCUT2D eigenvalue weighted by Crippen LogP contribution is -2.43. The Morgan fingerprint density at radius 3 is 2.14 bits per heavy atom. The Labute approximate surface area is 208 Å². The number of rotatable bonds is 7. The SMILES string of the molecule is COc1cc(CN2C(=O)c3cccc(OS(=O)(=O)C(F)(F)F)c3C2=O)ccc1O[Si](C)(C)C(C)(C)C. The minimum atomic E-state index is -6.04. The van der Waals surface area contributed by atoms with Crippen molar-refractivity contribution in [3.63, 3.8) is 0 Å². The van der Waals surface area contributed by atoms with Gasteiger partial charge in [0.15, 0.2) is 11.5 Å². The topological polar surface area (TPSA) is 99.2 Å². The molecule has 36 heavy (non-hydrogen) atoms. The van der Waals surface area contributed by atoms with Gasteiger partial charge in [-0.2, -0.15) is 21.6 Å². The molecule has 2 aromatic carbocycles. The fraction of sp³-hybridized carbons (Fsp3) is 0.391. The van der Waals surface area contributed by atoms with E-state index in [0.717, 1.165) is 17.0 Å². The summed E-state index contributed by atoms with van der Waals surface area (Å²) in [5.41, 5.74) is -6.04. The summed E-state index contributed by atoms with van der Waals surface area (Å²) in [4.78, 5) is 26.7. The van der Waals surface area contributed by atoms with Crippen molar-refractivity contribution in [3.05, 3.63) is 53.1 Å². The molecule has 0 spiro atoms. The van der Waals surface area contributed by atoms with Crippen molar-refractivity contribution < 1.29 is 44.5 Å². The number of hydrogen-bond acceptors (Lipinski definition) is 7. The first kappa shape index (κ1) is 27.5. The highest BCUT2D eigenvalue weighted by Gasteiger charge is 2.50. The van der Waals surface area contributed by atoms with E-state index < -0.39 is 47.1 Å². The van der Waals surface area contributed by atoms with Crippen molar-refractivity contribution in [2.75, 3.05) is 7.11 Å². The van der Waals surface area contributed by atoms with E-state index in [0.29, 0.717) is 17.1 Å². The third-order valence-electron chi connectivity index (χ3n) is 6.18. The summed E-state index contributed by atoms with van der Waals surface area (Å²) in [6, 6.07) is 8.12. The van der Waals surface area contributed by atoms with Crippen molar-refractivity contribution in [2.45, 2.75) is 51.0 Å². The molecular formula is C23H26F3NO7SSi. The highest BCUT2D eigenvalue weighted by Crippen LogP contribution is 2.41. The summed E-state index contributed by atoms with van der Waals surface area (Å²) in [7, 11) is -6.78. The van der Waals surface area contributed by atoms with E-state index in [1.54, 1.807) is 18.2 Å².